The van der Waals surface area contributed by atoms with E-state index in [9.17, 15) is 4.39 Å². The van der Waals surface area contributed by atoms with Crippen molar-refractivity contribution in [3.05, 3.63) is 53.6 Å². The van der Waals surface area contributed by atoms with Crippen LogP contribution in [0.4, 0.5) is 4.39 Å². The standard InChI is InChI=1S/C15H18BrFN2/c1-2-19-11-14(10-18-19)7-13(9-16)6-12-4-3-5-15(17)8-12/h3-5,8,10-11,13H,2,6-7,9H2,1H3. The average Bonchev–Trinajstić information content (AvgIpc) is 2.85. The Morgan fingerprint density at radius 1 is 1.32 bits per heavy atom. The van der Waals surface area contributed by atoms with Crippen molar-refractivity contribution in [3.63, 3.8) is 0 Å². The summed E-state index contributed by atoms with van der Waals surface area (Å²) in [6, 6.07) is 6.85. The molecule has 1 atom stereocenters. The van der Waals surface area contributed by atoms with Crippen LogP contribution in [0.2, 0.25) is 0 Å². The van der Waals surface area contributed by atoms with E-state index in [1.54, 1.807) is 12.1 Å². The number of hydrogen-bond donors (Lipinski definition) is 0. The van der Waals surface area contributed by atoms with Crippen LogP contribution in [-0.4, -0.2) is 15.1 Å². The van der Waals surface area contributed by atoms with Crippen LogP contribution in [0.3, 0.4) is 0 Å². The van der Waals surface area contributed by atoms with Crippen LogP contribution in [0.15, 0.2) is 36.7 Å². The van der Waals surface area contributed by atoms with Crippen LogP contribution in [0, 0.1) is 11.7 Å². The van der Waals surface area contributed by atoms with Crippen molar-refractivity contribution in [3.8, 4) is 0 Å². The van der Waals surface area contributed by atoms with Gasteiger partial charge in [-0.2, -0.15) is 5.10 Å². The molecule has 0 aliphatic rings. The molecule has 2 aromatic rings. The van der Waals surface area contributed by atoms with E-state index < -0.39 is 0 Å². The minimum absolute atomic E-state index is 0.162. The molecule has 0 bridgehead atoms. The number of nitrogens with zero attached hydrogens (tertiary/aromatic N) is 2. The minimum Gasteiger partial charge on any atom is -0.273 e. The normalized spacial score (nSPS) is 12.6. The SMILES string of the molecule is CCn1cc(CC(CBr)Cc2cccc(F)c2)cn1. The van der Waals surface area contributed by atoms with Gasteiger partial charge in [-0.05, 0) is 48.9 Å². The number of rotatable bonds is 6. The number of alkyl halides is 1. The second-order valence-corrected chi connectivity index (χ2v) is 5.41. The van der Waals surface area contributed by atoms with Gasteiger partial charge < -0.3 is 0 Å². The first-order valence-electron chi connectivity index (χ1n) is 6.53. The third kappa shape index (κ3) is 4.16. The van der Waals surface area contributed by atoms with E-state index >= 15 is 0 Å². The molecular weight excluding hydrogens is 307 g/mol. The predicted molar refractivity (Wildman–Crippen MR) is 79.0 cm³/mol. The van der Waals surface area contributed by atoms with Crippen molar-refractivity contribution in [2.75, 3.05) is 5.33 Å². The molecule has 0 spiro atoms. The lowest BCUT2D eigenvalue weighted by Crippen LogP contribution is -2.09. The first kappa shape index (κ1) is 14.3. The van der Waals surface area contributed by atoms with Crippen molar-refractivity contribution < 1.29 is 4.39 Å². The van der Waals surface area contributed by atoms with Crippen LogP contribution in [0.1, 0.15) is 18.1 Å². The second kappa shape index (κ2) is 6.85. The van der Waals surface area contributed by atoms with Gasteiger partial charge in [0.15, 0.2) is 0 Å². The van der Waals surface area contributed by atoms with Gasteiger partial charge in [0.25, 0.3) is 0 Å². The molecule has 4 heteroatoms. The molecule has 1 unspecified atom stereocenters. The third-order valence-corrected chi connectivity index (χ3v) is 4.08. The van der Waals surface area contributed by atoms with Crippen LogP contribution in [-0.2, 0) is 19.4 Å². The van der Waals surface area contributed by atoms with Gasteiger partial charge in [0.1, 0.15) is 5.82 Å². The summed E-state index contributed by atoms with van der Waals surface area (Å²) in [7, 11) is 0. The number of halogens is 2. The lowest BCUT2D eigenvalue weighted by Gasteiger charge is -2.13. The van der Waals surface area contributed by atoms with Gasteiger partial charge in [0, 0.05) is 18.1 Å². The highest BCUT2D eigenvalue weighted by Gasteiger charge is 2.11. The summed E-state index contributed by atoms with van der Waals surface area (Å²) in [5.74, 6) is 0.293. The molecule has 0 radical (unpaired) electrons. The van der Waals surface area contributed by atoms with Gasteiger partial charge >= 0.3 is 0 Å². The maximum absolute atomic E-state index is 13.2. The number of aryl methyl sites for hydroxylation is 1. The molecule has 2 rings (SSSR count). The fourth-order valence-electron chi connectivity index (χ4n) is 2.20. The Hall–Kier alpha value is -1.16. The van der Waals surface area contributed by atoms with E-state index in [1.807, 2.05) is 16.9 Å². The average molecular weight is 325 g/mol. The van der Waals surface area contributed by atoms with E-state index in [0.717, 1.165) is 30.3 Å². The Morgan fingerprint density at radius 2 is 2.11 bits per heavy atom. The summed E-state index contributed by atoms with van der Waals surface area (Å²) >= 11 is 3.55. The highest BCUT2D eigenvalue weighted by molar-refractivity contribution is 9.09. The molecule has 0 saturated heterocycles. The molecule has 2 nitrogen and oxygen atoms in total. The third-order valence-electron chi connectivity index (χ3n) is 3.17. The molecular formula is C15H18BrFN2. The van der Waals surface area contributed by atoms with E-state index in [2.05, 4.69) is 34.1 Å². The zero-order valence-electron chi connectivity index (χ0n) is 11.0. The summed E-state index contributed by atoms with van der Waals surface area (Å²) in [5.41, 5.74) is 2.29. The van der Waals surface area contributed by atoms with Crippen molar-refractivity contribution in [1.82, 2.24) is 9.78 Å². The summed E-state index contributed by atoms with van der Waals surface area (Å²) in [6.45, 7) is 2.97. The van der Waals surface area contributed by atoms with Crippen LogP contribution in [0.5, 0.6) is 0 Å². The molecule has 0 aliphatic carbocycles. The van der Waals surface area contributed by atoms with Gasteiger partial charge in [-0.1, -0.05) is 28.1 Å². The fraction of sp³-hybridized carbons (Fsp3) is 0.400. The Bertz CT molecular complexity index is 524. The molecule has 0 N–H and O–H groups in total. The number of benzene rings is 1. The summed E-state index contributed by atoms with van der Waals surface area (Å²) in [4.78, 5) is 0. The van der Waals surface area contributed by atoms with E-state index in [0.29, 0.717) is 5.92 Å². The molecule has 0 saturated carbocycles. The second-order valence-electron chi connectivity index (χ2n) is 4.76. The van der Waals surface area contributed by atoms with Crippen molar-refractivity contribution >= 4 is 15.9 Å². The van der Waals surface area contributed by atoms with Crippen molar-refractivity contribution in [2.45, 2.75) is 26.3 Å². The summed E-state index contributed by atoms with van der Waals surface area (Å²) in [6.07, 6.45) is 5.84. The highest BCUT2D eigenvalue weighted by Crippen LogP contribution is 2.17. The Kier molecular flexibility index (Phi) is 5.14. The Balaban J connectivity index is 2.00. The monoisotopic (exact) mass is 324 g/mol. The first-order valence-corrected chi connectivity index (χ1v) is 7.65. The highest BCUT2D eigenvalue weighted by atomic mass is 79.9. The van der Waals surface area contributed by atoms with Crippen molar-refractivity contribution in [2.24, 2.45) is 5.92 Å². The largest absolute Gasteiger partial charge is 0.273 e. The van der Waals surface area contributed by atoms with Gasteiger partial charge in [0.05, 0.1) is 6.20 Å². The smallest absolute Gasteiger partial charge is 0.123 e. The van der Waals surface area contributed by atoms with E-state index in [-0.39, 0.29) is 5.82 Å². The van der Waals surface area contributed by atoms with Gasteiger partial charge in [-0.3, -0.25) is 4.68 Å². The van der Waals surface area contributed by atoms with Gasteiger partial charge in [-0.15, -0.1) is 0 Å². The van der Waals surface area contributed by atoms with E-state index in [4.69, 9.17) is 0 Å². The molecule has 1 heterocycles. The number of aromatic nitrogens is 2. The maximum Gasteiger partial charge on any atom is 0.123 e. The molecule has 19 heavy (non-hydrogen) atoms. The van der Waals surface area contributed by atoms with Gasteiger partial charge in [0.2, 0.25) is 0 Å². The quantitative estimate of drug-likeness (QED) is 0.738. The maximum atomic E-state index is 13.2. The lowest BCUT2D eigenvalue weighted by atomic mass is 9.95. The summed E-state index contributed by atoms with van der Waals surface area (Å²) < 4.78 is 15.1. The van der Waals surface area contributed by atoms with E-state index in [1.165, 1.54) is 11.6 Å². The zero-order chi connectivity index (χ0) is 13.7. The van der Waals surface area contributed by atoms with Crippen LogP contribution in [0.25, 0.3) is 0 Å². The molecule has 102 valence electrons. The van der Waals surface area contributed by atoms with Crippen molar-refractivity contribution in [1.29, 1.82) is 0 Å². The Morgan fingerprint density at radius 3 is 2.74 bits per heavy atom. The fourth-order valence-corrected chi connectivity index (χ4v) is 2.65. The molecule has 0 amide bonds. The van der Waals surface area contributed by atoms with Gasteiger partial charge in [-0.25, -0.2) is 4.39 Å². The minimum atomic E-state index is -0.162. The number of hydrogen-bond acceptors (Lipinski definition) is 1. The van der Waals surface area contributed by atoms with Crippen LogP contribution >= 0.6 is 15.9 Å². The molecule has 0 fully saturated rings. The Labute approximate surface area is 121 Å². The summed E-state index contributed by atoms with van der Waals surface area (Å²) in [5, 5.41) is 5.19. The molecule has 0 aliphatic heterocycles. The molecule has 1 aromatic heterocycles. The predicted octanol–water partition coefficient (Wildman–Crippen LogP) is 3.84. The van der Waals surface area contributed by atoms with Crippen LogP contribution < -0.4 is 0 Å². The first-order chi connectivity index (χ1) is 9.21. The molecule has 1 aromatic carbocycles. The zero-order valence-corrected chi connectivity index (χ0v) is 12.6. The topological polar surface area (TPSA) is 17.8 Å². The lowest BCUT2D eigenvalue weighted by molar-refractivity contribution is 0.581.